The maximum Gasteiger partial charge on any atom is 0.330 e. The number of methoxy groups -OCH3 is 2. The molecule has 0 aliphatic carbocycles. The summed E-state index contributed by atoms with van der Waals surface area (Å²) in [6, 6.07) is 6.44. The quantitative estimate of drug-likeness (QED) is 0.0662. The van der Waals surface area contributed by atoms with Gasteiger partial charge in [-0.15, -0.1) is 0 Å². The van der Waals surface area contributed by atoms with E-state index in [1.165, 1.54) is 45.1 Å². The van der Waals surface area contributed by atoms with E-state index >= 15 is 4.39 Å². The van der Waals surface area contributed by atoms with E-state index in [1.54, 1.807) is 18.2 Å². The Morgan fingerprint density at radius 3 is 2.32 bits per heavy atom. The van der Waals surface area contributed by atoms with E-state index in [4.69, 9.17) is 23.7 Å². The van der Waals surface area contributed by atoms with Crippen molar-refractivity contribution in [1.29, 1.82) is 0 Å². The summed E-state index contributed by atoms with van der Waals surface area (Å²) in [5.74, 6) is -4.75. The van der Waals surface area contributed by atoms with Crippen LogP contribution >= 0.6 is 0 Å². The molecule has 1 aliphatic rings. The van der Waals surface area contributed by atoms with E-state index < -0.39 is 52.8 Å². The molecule has 2 atom stereocenters. The van der Waals surface area contributed by atoms with E-state index in [2.05, 4.69) is 6.58 Å². The normalized spacial score (nSPS) is 15.3. The van der Waals surface area contributed by atoms with Gasteiger partial charge in [0.25, 0.3) is 5.91 Å². The molecule has 0 aromatic heterocycles. The van der Waals surface area contributed by atoms with E-state index in [0.717, 1.165) is 11.6 Å². The predicted octanol–water partition coefficient (Wildman–Crippen LogP) is 7.52. The van der Waals surface area contributed by atoms with Crippen LogP contribution in [0.2, 0.25) is 0 Å². The van der Waals surface area contributed by atoms with Crippen molar-refractivity contribution in [3.8, 4) is 17.2 Å². The number of ketones is 1. The summed E-state index contributed by atoms with van der Waals surface area (Å²) in [6.45, 7) is 14.2. The van der Waals surface area contributed by atoms with Crippen LogP contribution in [0.4, 0.5) is 8.78 Å². The summed E-state index contributed by atoms with van der Waals surface area (Å²) in [5.41, 5.74) is 0.225. The number of allylic oxidation sites excluding steroid dienone is 1. The van der Waals surface area contributed by atoms with E-state index in [0.29, 0.717) is 36.3 Å². The molecule has 1 saturated heterocycles. The number of benzene rings is 2. The van der Waals surface area contributed by atoms with Gasteiger partial charge in [-0.1, -0.05) is 46.4 Å². The summed E-state index contributed by atoms with van der Waals surface area (Å²) >= 11 is 0. The Hall–Kier alpha value is -4.74. The van der Waals surface area contributed by atoms with Crippen LogP contribution in [0.25, 0.3) is 0 Å². The van der Waals surface area contributed by atoms with Gasteiger partial charge >= 0.3 is 11.9 Å². The van der Waals surface area contributed by atoms with Crippen LogP contribution in [0.3, 0.4) is 0 Å². The van der Waals surface area contributed by atoms with Gasteiger partial charge in [-0.25, -0.2) is 14.0 Å². The van der Waals surface area contributed by atoms with Crippen LogP contribution in [-0.4, -0.2) is 68.5 Å². The first-order valence-electron chi connectivity index (χ1n) is 17.9. The predicted molar refractivity (Wildman–Crippen MR) is 196 cm³/mol. The van der Waals surface area contributed by atoms with Crippen molar-refractivity contribution in [2.75, 3.05) is 34.0 Å². The molecule has 1 fully saturated rings. The molecule has 1 aliphatic heterocycles. The monoisotopic (exact) mass is 741 g/mol. The summed E-state index contributed by atoms with van der Waals surface area (Å²) in [7, 11) is 3.02. The first-order chi connectivity index (χ1) is 25.0. The summed E-state index contributed by atoms with van der Waals surface area (Å²) < 4.78 is 57.8. The van der Waals surface area contributed by atoms with Gasteiger partial charge in [0.15, 0.2) is 23.1 Å². The number of nitrogens with zero attached hydrogens (tertiary/aromatic N) is 1. The van der Waals surface area contributed by atoms with Gasteiger partial charge in [-0.05, 0) is 98.8 Å². The molecule has 12 heteroatoms. The number of halogens is 2. The average Bonchev–Trinajstić information content (AvgIpc) is 3.14. The minimum atomic E-state index is -1.38. The van der Waals surface area contributed by atoms with E-state index in [-0.39, 0.29) is 55.7 Å². The molecular weight excluding hydrogens is 688 g/mol. The average molecular weight is 742 g/mol. The molecule has 2 aromatic rings. The number of carbonyl (C=O) groups excluding carboxylic acids is 4. The smallest absolute Gasteiger partial charge is 0.330 e. The van der Waals surface area contributed by atoms with Crippen LogP contribution in [0, 0.1) is 28.9 Å². The number of Topliss-reactive ketones (excluding diaryl/α,β-unsaturated/α-hetero) is 1. The zero-order valence-electron chi connectivity index (χ0n) is 32.1. The number of amides is 1. The summed E-state index contributed by atoms with van der Waals surface area (Å²) in [5, 5.41) is 0. The Balaban J connectivity index is 1.90. The molecule has 290 valence electrons. The molecule has 0 saturated carbocycles. The molecule has 0 unspecified atom stereocenters. The fourth-order valence-corrected chi connectivity index (χ4v) is 5.53. The molecule has 2 aromatic carbocycles. The maximum atomic E-state index is 15.1. The molecule has 3 rings (SSSR count). The third kappa shape index (κ3) is 11.9. The molecule has 0 N–H and O–H groups in total. The van der Waals surface area contributed by atoms with Gasteiger partial charge < -0.3 is 28.6 Å². The van der Waals surface area contributed by atoms with E-state index in [1.807, 2.05) is 33.8 Å². The molecule has 0 bridgehead atoms. The first kappa shape index (κ1) is 42.7. The zero-order valence-corrected chi connectivity index (χ0v) is 32.1. The lowest BCUT2D eigenvalue weighted by molar-refractivity contribution is -0.165. The molecule has 0 radical (unpaired) electrons. The maximum absolute atomic E-state index is 15.1. The van der Waals surface area contributed by atoms with Crippen LogP contribution in [-0.2, 0) is 35.1 Å². The lowest BCUT2D eigenvalue weighted by atomic mass is 9.87. The number of hydrogen-bond acceptors (Lipinski definition) is 9. The second-order valence-corrected chi connectivity index (χ2v) is 14.5. The van der Waals surface area contributed by atoms with Crippen molar-refractivity contribution in [2.45, 2.75) is 85.8 Å². The van der Waals surface area contributed by atoms with Crippen LogP contribution in [0.1, 0.15) is 84.5 Å². The number of esters is 2. The summed E-state index contributed by atoms with van der Waals surface area (Å²) in [4.78, 5) is 54.5. The lowest BCUT2D eigenvalue weighted by Crippen LogP contribution is -2.53. The van der Waals surface area contributed by atoms with Gasteiger partial charge in [0.05, 0.1) is 19.6 Å². The van der Waals surface area contributed by atoms with Crippen molar-refractivity contribution in [3.05, 3.63) is 77.4 Å². The topological polar surface area (TPSA) is 118 Å². The standard InChI is InChI=1S/C41H53F2NO9/c1-25(2)13-18-36(45)52-24-41(6,7)38(46)39(47)44-19-11-10-12-31(44)40(48)53-32(16-14-28-15-17-33(49-8)34(20-28)50-9)29-21-30(42)37(43)35(22-29)51-23-27(5)26(3)4/h13,15,17-18,20-22,25-26,31-32H,5,10-12,14,16,19,23-24H2,1-4,6-9H3/b18-13-/t31-,32+/m0/s1. The molecule has 1 heterocycles. The van der Waals surface area contributed by atoms with Gasteiger partial charge in [-0.3, -0.25) is 9.59 Å². The number of likely N-dealkylation sites (tertiary alicyclic amines) is 1. The SMILES string of the molecule is C=C(COc1cc([C@@H](CCc2ccc(OC)c(OC)c2)OC(=O)[C@@H]2CCCCN2C(=O)C(=O)C(C)(C)COC(=O)/C=C\C(C)C)cc(F)c1F)C(C)C. The second-order valence-electron chi connectivity index (χ2n) is 14.5. The first-order valence-corrected chi connectivity index (χ1v) is 17.9. The Morgan fingerprint density at radius 1 is 0.981 bits per heavy atom. The van der Waals surface area contributed by atoms with Gasteiger partial charge in [-0.2, -0.15) is 4.39 Å². The highest BCUT2D eigenvalue weighted by molar-refractivity contribution is 6.38. The third-order valence-corrected chi connectivity index (χ3v) is 9.06. The Morgan fingerprint density at radius 2 is 1.68 bits per heavy atom. The van der Waals surface area contributed by atoms with Crippen LogP contribution in [0.15, 0.2) is 54.6 Å². The van der Waals surface area contributed by atoms with Crippen molar-refractivity contribution in [3.63, 3.8) is 0 Å². The highest BCUT2D eigenvalue weighted by Crippen LogP contribution is 2.34. The van der Waals surface area contributed by atoms with E-state index in [9.17, 15) is 23.6 Å². The lowest BCUT2D eigenvalue weighted by Gasteiger charge is -2.36. The fourth-order valence-electron chi connectivity index (χ4n) is 5.53. The number of ether oxygens (including phenoxy) is 5. The molecule has 1 amide bonds. The van der Waals surface area contributed by atoms with Gasteiger partial charge in [0.1, 0.15) is 25.4 Å². The Labute approximate surface area is 311 Å². The molecule has 53 heavy (non-hydrogen) atoms. The molecule has 10 nitrogen and oxygen atoms in total. The van der Waals surface area contributed by atoms with Crippen molar-refractivity contribution in [2.24, 2.45) is 17.3 Å². The number of aryl methyl sites for hydroxylation is 1. The largest absolute Gasteiger partial charge is 0.493 e. The van der Waals surface area contributed by atoms with Crippen molar-refractivity contribution in [1.82, 2.24) is 4.90 Å². The second kappa shape index (κ2) is 19.4. The minimum absolute atomic E-state index is 0.0433. The third-order valence-electron chi connectivity index (χ3n) is 9.06. The van der Waals surface area contributed by atoms with Crippen molar-refractivity contribution < 1.29 is 51.6 Å². The number of piperidine rings is 1. The number of carbonyl (C=O) groups is 4. The Kier molecular flexibility index (Phi) is 15.6. The number of rotatable bonds is 18. The van der Waals surface area contributed by atoms with Crippen LogP contribution in [0.5, 0.6) is 17.2 Å². The zero-order chi connectivity index (χ0) is 39.5. The van der Waals surface area contributed by atoms with Crippen LogP contribution < -0.4 is 14.2 Å². The highest BCUT2D eigenvalue weighted by atomic mass is 19.2. The fraction of sp³-hybridized carbons (Fsp3) is 0.512. The Bertz CT molecular complexity index is 1670. The summed E-state index contributed by atoms with van der Waals surface area (Å²) in [6.07, 6.45) is 3.63. The number of hydrogen-bond donors (Lipinski definition) is 0. The molecular formula is C41H53F2NO9. The van der Waals surface area contributed by atoms with Gasteiger partial charge in [0, 0.05) is 12.6 Å². The molecule has 0 spiro atoms. The van der Waals surface area contributed by atoms with Gasteiger partial charge in [0.2, 0.25) is 11.6 Å². The minimum Gasteiger partial charge on any atom is -0.493 e. The highest BCUT2D eigenvalue weighted by Gasteiger charge is 2.42. The van der Waals surface area contributed by atoms with Crippen molar-refractivity contribution >= 4 is 23.6 Å².